The van der Waals surface area contributed by atoms with Crippen LogP contribution in [0.2, 0.25) is 0 Å². The number of pyridine rings is 1. The maximum absolute atomic E-state index is 14.4. The van der Waals surface area contributed by atoms with Gasteiger partial charge < -0.3 is 9.30 Å². The lowest BCUT2D eigenvalue weighted by Crippen LogP contribution is -2.51. The molecule has 5 rings (SSSR count). The van der Waals surface area contributed by atoms with Gasteiger partial charge in [-0.2, -0.15) is 0 Å². The summed E-state index contributed by atoms with van der Waals surface area (Å²) in [5, 5.41) is 0.865. The molecular weight excluding hydrogens is 550 g/mol. The van der Waals surface area contributed by atoms with Crippen molar-refractivity contribution in [3.63, 3.8) is 0 Å². The second-order valence-electron chi connectivity index (χ2n) is 10.6. The Hall–Kier alpha value is -3.45. The predicted octanol–water partition coefficient (Wildman–Crippen LogP) is 4.91. The molecule has 0 bridgehead atoms. The van der Waals surface area contributed by atoms with Crippen molar-refractivity contribution in [1.29, 1.82) is 0 Å². The Labute approximate surface area is 229 Å². The number of ether oxygens (including phenoxy) is 1. The number of alkyl halides is 3. The highest BCUT2D eigenvalue weighted by molar-refractivity contribution is 7.91. The molecule has 1 fully saturated rings. The molecule has 0 saturated carbocycles. The topological polar surface area (TPSA) is 82.2 Å². The van der Waals surface area contributed by atoms with Crippen molar-refractivity contribution >= 4 is 20.9 Å². The number of sulfone groups is 1. The number of fused-ring (bicyclic) bond motifs is 1. The minimum Gasteiger partial charge on any atom is -0.403 e. The van der Waals surface area contributed by atoms with E-state index in [2.05, 4.69) is 28.5 Å². The summed E-state index contributed by atoms with van der Waals surface area (Å²) in [6.45, 7) is 5.22. The highest BCUT2D eigenvalue weighted by atomic mass is 32.2. The highest BCUT2D eigenvalue weighted by Crippen LogP contribution is 2.32. The Kier molecular flexibility index (Phi) is 7.15. The molecule has 0 atom stereocenters. The molecule has 3 aromatic heterocycles. The largest absolute Gasteiger partial charge is 0.573 e. The van der Waals surface area contributed by atoms with Gasteiger partial charge in [0.05, 0.1) is 23.5 Å². The Morgan fingerprint density at radius 3 is 2.40 bits per heavy atom. The van der Waals surface area contributed by atoms with Gasteiger partial charge >= 0.3 is 6.36 Å². The van der Waals surface area contributed by atoms with Crippen molar-refractivity contribution in [2.45, 2.75) is 38.6 Å². The molecular formula is C27H29F4N5O3S. The molecule has 1 aromatic carbocycles. The maximum Gasteiger partial charge on any atom is 0.573 e. The lowest BCUT2D eigenvalue weighted by atomic mass is 9.93. The van der Waals surface area contributed by atoms with E-state index in [9.17, 15) is 26.0 Å². The number of hydrogen-bond donors (Lipinski definition) is 0. The van der Waals surface area contributed by atoms with Crippen LogP contribution in [0.1, 0.15) is 25.8 Å². The van der Waals surface area contributed by atoms with Crippen molar-refractivity contribution in [2.75, 3.05) is 24.6 Å². The standard InChI is InChI=1S/C27H29F4N5O3S/c1-26(2,35-10-12-40(37,38)13-11-35)9-8-19-15-36(24-16-34(3)17-32-24)25-20(19)5-6-22(33-25)18-4-7-23(21(28)14-18)39-27(29,30)31/h4-7,14-17H,8-13H2,1-3H3. The van der Waals surface area contributed by atoms with Crippen LogP contribution in [-0.2, 0) is 23.3 Å². The second kappa shape index (κ2) is 10.2. The van der Waals surface area contributed by atoms with Gasteiger partial charge in [0, 0.05) is 49.0 Å². The van der Waals surface area contributed by atoms with Gasteiger partial charge in [-0.25, -0.2) is 22.8 Å². The Bertz CT molecular complexity index is 1650. The summed E-state index contributed by atoms with van der Waals surface area (Å²) in [6, 6.07) is 6.79. The third-order valence-electron chi connectivity index (χ3n) is 7.33. The first-order chi connectivity index (χ1) is 18.7. The normalized spacial score (nSPS) is 16.5. The third-order valence-corrected chi connectivity index (χ3v) is 8.94. The van der Waals surface area contributed by atoms with Crippen LogP contribution in [0, 0.1) is 5.82 Å². The lowest BCUT2D eigenvalue weighted by Gasteiger charge is -2.41. The summed E-state index contributed by atoms with van der Waals surface area (Å²) in [5.74, 6) is -1.11. The first-order valence-electron chi connectivity index (χ1n) is 12.7. The summed E-state index contributed by atoms with van der Waals surface area (Å²) in [5.41, 5.74) is 2.02. The van der Waals surface area contributed by atoms with E-state index in [4.69, 9.17) is 4.98 Å². The summed E-state index contributed by atoms with van der Waals surface area (Å²) in [6.07, 6.45) is 1.90. The molecule has 4 heterocycles. The molecule has 0 unspecified atom stereocenters. The number of hydrogen-bond acceptors (Lipinski definition) is 6. The third kappa shape index (κ3) is 5.99. The molecule has 0 spiro atoms. The van der Waals surface area contributed by atoms with E-state index >= 15 is 0 Å². The quantitative estimate of drug-likeness (QED) is 0.290. The first-order valence-corrected chi connectivity index (χ1v) is 14.5. The molecule has 0 amide bonds. The molecule has 1 saturated heterocycles. The van der Waals surface area contributed by atoms with Gasteiger partial charge in [-0.3, -0.25) is 9.47 Å². The summed E-state index contributed by atoms with van der Waals surface area (Å²) in [4.78, 5) is 11.4. The van der Waals surface area contributed by atoms with E-state index in [1.54, 1.807) is 17.0 Å². The van der Waals surface area contributed by atoms with Crippen molar-refractivity contribution in [2.24, 2.45) is 7.05 Å². The maximum atomic E-state index is 14.4. The average Bonchev–Trinajstić information content (AvgIpc) is 3.46. The Morgan fingerprint density at radius 2 is 1.77 bits per heavy atom. The zero-order valence-corrected chi connectivity index (χ0v) is 23.1. The molecule has 214 valence electrons. The number of halogens is 4. The summed E-state index contributed by atoms with van der Waals surface area (Å²) in [7, 11) is -1.14. The molecule has 4 aromatic rings. The van der Waals surface area contributed by atoms with Crippen LogP contribution >= 0.6 is 0 Å². The Morgan fingerprint density at radius 1 is 1.05 bits per heavy atom. The van der Waals surface area contributed by atoms with Crippen LogP contribution in [0.4, 0.5) is 17.6 Å². The fraction of sp³-hybridized carbons (Fsp3) is 0.407. The Balaban J connectivity index is 1.47. The number of nitrogens with zero attached hydrogens (tertiary/aromatic N) is 5. The van der Waals surface area contributed by atoms with Gasteiger partial charge in [-0.15, -0.1) is 13.2 Å². The molecule has 1 aliphatic heterocycles. The van der Waals surface area contributed by atoms with Gasteiger partial charge in [0.2, 0.25) is 0 Å². The van der Waals surface area contributed by atoms with E-state index in [0.717, 1.165) is 29.5 Å². The van der Waals surface area contributed by atoms with Crippen LogP contribution in [0.25, 0.3) is 28.1 Å². The zero-order valence-electron chi connectivity index (χ0n) is 22.2. The zero-order chi connectivity index (χ0) is 28.9. The summed E-state index contributed by atoms with van der Waals surface area (Å²) < 4.78 is 83.3. The highest BCUT2D eigenvalue weighted by Gasteiger charge is 2.33. The van der Waals surface area contributed by atoms with Gasteiger partial charge in [-0.05, 0) is 62.6 Å². The lowest BCUT2D eigenvalue weighted by molar-refractivity contribution is -0.275. The monoisotopic (exact) mass is 579 g/mol. The van der Waals surface area contributed by atoms with Crippen molar-refractivity contribution in [3.8, 4) is 22.8 Å². The SMILES string of the molecule is Cn1cnc(-n2cc(CCC(C)(C)N3CCS(=O)(=O)CC3)c3ccc(-c4ccc(OC(F)(F)F)c(F)c4)nc32)c1. The predicted molar refractivity (Wildman–Crippen MR) is 143 cm³/mol. The smallest absolute Gasteiger partial charge is 0.403 e. The minimum atomic E-state index is -5.00. The number of imidazole rings is 1. The van der Waals surface area contributed by atoms with Crippen LogP contribution in [-0.4, -0.2) is 68.9 Å². The molecule has 0 N–H and O–H groups in total. The fourth-order valence-electron chi connectivity index (χ4n) is 5.01. The van der Waals surface area contributed by atoms with Crippen molar-refractivity contribution in [1.82, 2.24) is 24.0 Å². The van der Waals surface area contributed by atoms with E-state index < -0.39 is 27.8 Å². The van der Waals surface area contributed by atoms with Gasteiger partial charge in [0.1, 0.15) is 5.65 Å². The molecule has 40 heavy (non-hydrogen) atoms. The minimum absolute atomic E-state index is 0.159. The molecule has 8 nitrogen and oxygen atoms in total. The van der Waals surface area contributed by atoms with E-state index in [-0.39, 0.29) is 17.0 Å². The van der Waals surface area contributed by atoms with E-state index in [0.29, 0.717) is 42.2 Å². The van der Waals surface area contributed by atoms with E-state index in [1.807, 2.05) is 30.1 Å². The van der Waals surface area contributed by atoms with Crippen molar-refractivity contribution < 1.29 is 30.7 Å². The van der Waals surface area contributed by atoms with Crippen molar-refractivity contribution in [3.05, 3.63) is 60.4 Å². The van der Waals surface area contributed by atoms with Crippen LogP contribution < -0.4 is 4.74 Å². The van der Waals surface area contributed by atoms with Gasteiger partial charge in [0.25, 0.3) is 0 Å². The second-order valence-corrected chi connectivity index (χ2v) is 12.9. The van der Waals surface area contributed by atoms with E-state index in [1.165, 1.54) is 6.07 Å². The molecule has 1 aliphatic rings. The fourth-order valence-corrected chi connectivity index (χ4v) is 6.21. The molecule has 0 radical (unpaired) electrons. The average molecular weight is 580 g/mol. The molecule has 0 aliphatic carbocycles. The first kappa shape index (κ1) is 28.1. The van der Waals surface area contributed by atoms with Gasteiger partial charge in [-0.1, -0.05) is 0 Å². The van der Waals surface area contributed by atoms with Gasteiger partial charge in [0.15, 0.2) is 27.2 Å². The summed E-state index contributed by atoms with van der Waals surface area (Å²) >= 11 is 0. The van der Waals surface area contributed by atoms with Crippen LogP contribution in [0.3, 0.4) is 0 Å². The number of aryl methyl sites for hydroxylation is 2. The van der Waals surface area contributed by atoms with Crippen LogP contribution in [0.5, 0.6) is 5.75 Å². The number of rotatable bonds is 7. The van der Waals surface area contributed by atoms with Crippen LogP contribution in [0.15, 0.2) is 49.1 Å². The number of aromatic nitrogens is 4. The molecule has 13 heteroatoms. The number of benzene rings is 1.